The molecule has 2 aromatic heterocycles. The summed E-state index contributed by atoms with van der Waals surface area (Å²) in [5.74, 6) is -2.19. The molecule has 3 fully saturated rings. The SMILES string of the molecule is COC1CO[C@H]2[C@@H]1OC[C@H]2Oc1ncc(-c2ccc3c(c2)c(C(C)=O)cn3CC(=O)N2C[C@H](F)C[C@H]2C(=O)Nc2cccc(-c3ccccc3Cl)c2F)cn1. The number of ether oxygens (including phenoxy) is 4. The van der Waals surface area contributed by atoms with Gasteiger partial charge in [0.1, 0.15) is 37.1 Å². The molecule has 6 atom stereocenters. The van der Waals surface area contributed by atoms with Gasteiger partial charge in [-0.1, -0.05) is 48.0 Å². The first-order chi connectivity index (χ1) is 26.6. The van der Waals surface area contributed by atoms with Gasteiger partial charge in [-0.2, -0.15) is 0 Å². The van der Waals surface area contributed by atoms with Crippen LogP contribution >= 0.6 is 11.6 Å². The van der Waals surface area contributed by atoms with Crippen molar-refractivity contribution in [3.8, 4) is 28.3 Å². The minimum Gasteiger partial charge on any atom is -0.455 e. The van der Waals surface area contributed by atoms with Gasteiger partial charge in [-0.15, -0.1) is 0 Å². The highest BCUT2D eigenvalue weighted by Gasteiger charge is 2.49. The number of likely N-dealkylation sites (tertiary alicyclic amines) is 1. The van der Waals surface area contributed by atoms with Gasteiger partial charge in [0.25, 0.3) is 0 Å². The molecule has 0 aliphatic carbocycles. The number of methoxy groups -OCH3 is 1. The third-order valence-corrected chi connectivity index (χ3v) is 10.7. The van der Waals surface area contributed by atoms with Crippen LogP contribution in [0.5, 0.6) is 6.01 Å². The molecule has 0 spiro atoms. The Balaban J connectivity index is 0.978. The number of rotatable bonds is 10. The van der Waals surface area contributed by atoms with Crippen LogP contribution in [-0.2, 0) is 30.3 Å². The number of alkyl halides is 1. The number of anilines is 1. The lowest BCUT2D eigenvalue weighted by Crippen LogP contribution is -2.44. The molecule has 5 aromatic rings. The first-order valence-corrected chi connectivity index (χ1v) is 18.1. The normalized spacial score (nSPS) is 23.3. The Hall–Kier alpha value is -5.28. The van der Waals surface area contributed by atoms with E-state index in [-0.39, 0.29) is 67.0 Å². The second-order valence-corrected chi connectivity index (χ2v) is 14.2. The number of benzene rings is 3. The summed E-state index contributed by atoms with van der Waals surface area (Å²) < 4.78 is 55.1. The molecule has 1 N–H and O–H groups in total. The van der Waals surface area contributed by atoms with E-state index in [0.29, 0.717) is 45.8 Å². The van der Waals surface area contributed by atoms with Crippen molar-refractivity contribution in [2.75, 3.05) is 32.2 Å². The van der Waals surface area contributed by atoms with E-state index in [1.165, 1.54) is 13.0 Å². The maximum atomic E-state index is 15.6. The van der Waals surface area contributed by atoms with Crippen molar-refractivity contribution in [1.82, 2.24) is 19.4 Å². The molecule has 0 saturated carbocycles. The Morgan fingerprint density at radius 2 is 1.69 bits per heavy atom. The van der Waals surface area contributed by atoms with Gasteiger partial charge in [0.15, 0.2) is 17.7 Å². The molecule has 5 heterocycles. The van der Waals surface area contributed by atoms with Crippen LogP contribution in [0.2, 0.25) is 5.02 Å². The summed E-state index contributed by atoms with van der Waals surface area (Å²) in [6.45, 7) is 1.59. The molecule has 3 aromatic carbocycles. The van der Waals surface area contributed by atoms with Gasteiger partial charge in [-0.25, -0.2) is 18.7 Å². The maximum absolute atomic E-state index is 15.6. The number of ketones is 1. The van der Waals surface area contributed by atoms with Crippen LogP contribution in [0.25, 0.3) is 33.2 Å². The Morgan fingerprint density at radius 3 is 2.44 bits per heavy atom. The minimum atomic E-state index is -1.46. The lowest BCUT2D eigenvalue weighted by atomic mass is 10.0. The number of nitrogens with one attached hydrogen (secondary N) is 1. The number of hydrogen-bond acceptors (Lipinski definition) is 9. The maximum Gasteiger partial charge on any atom is 0.316 e. The molecule has 1 unspecified atom stereocenters. The number of halogens is 3. The van der Waals surface area contributed by atoms with E-state index in [2.05, 4.69) is 15.3 Å². The third kappa shape index (κ3) is 7.06. The fourth-order valence-electron chi connectivity index (χ4n) is 7.56. The molecule has 2 amide bonds. The van der Waals surface area contributed by atoms with Crippen molar-refractivity contribution in [2.45, 2.75) is 56.5 Å². The highest BCUT2D eigenvalue weighted by atomic mass is 35.5. The monoisotopic (exact) mass is 771 g/mol. The van der Waals surface area contributed by atoms with E-state index in [1.54, 1.807) is 72.7 Å². The molecular formula is C40H36ClF2N5O7. The summed E-state index contributed by atoms with van der Waals surface area (Å²) in [6.07, 6.45) is 2.07. The van der Waals surface area contributed by atoms with Crippen LogP contribution in [-0.4, -0.2) is 101 Å². The van der Waals surface area contributed by atoms with Gasteiger partial charge < -0.3 is 33.7 Å². The molecule has 55 heavy (non-hydrogen) atoms. The number of carbonyl (C=O) groups is 3. The number of hydrogen-bond donors (Lipinski definition) is 1. The van der Waals surface area contributed by atoms with Crippen LogP contribution in [0.3, 0.4) is 0 Å². The van der Waals surface area contributed by atoms with Crippen molar-refractivity contribution < 1.29 is 42.1 Å². The zero-order chi connectivity index (χ0) is 38.4. The fraction of sp³-hybridized carbons (Fsp3) is 0.325. The quantitative estimate of drug-likeness (QED) is 0.172. The third-order valence-electron chi connectivity index (χ3n) is 10.3. The summed E-state index contributed by atoms with van der Waals surface area (Å²) in [6, 6.07) is 15.6. The van der Waals surface area contributed by atoms with Gasteiger partial charge in [0, 0.05) is 70.3 Å². The van der Waals surface area contributed by atoms with E-state index in [4.69, 9.17) is 30.5 Å². The van der Waals surface area contributed by atoms with Crippen molar-refractivity contribution in [3.63, 3.8) is 0 Å². The Labute approximate surface area is 319 Å². The smallest absolute Gasteiger partial charge is 0.316 e. The molecule has 3 aliphatic rings. The van der Waals surface area contributed by atoms with Crippen LogP contribution in [0.4, 0.5) is 14.5 Å². The summed E-state index contributed by atoms with van der Waals surface area (Å²) >= 11 is 6.29. The summed E-state index contributed by atoms with van der Waals surface area (Å²) in [5.41, 5.74) is 2.85. The van der Waals surface area contributed by atoms with Crippen molar-refractivity contribution in [1.29, 1.82) is 0 Å². The van der Waals surface area contributed by atoms with Crippen molar-refractivity contribution in [2.24, 2.45) is 0 Å². The number of nitrogens with zero attached hydrogens (tertiary/aromatic N) is 4. The van der Waals surface area contributed by atoms with E-state index >= 15 is 4.39 Å². The van der Waals surface area contributed by atoms with Crippen LogP contribution in [0.1, 0.15) is 23.7 Å². The van der Waals surface area contributed by atoms with Crippen molar-refractivity contribution >= 4 is 45.8 Å². The number of carbonyl (C=O) groups excluding carboxylic acids is 3. The van der Waals surface area contributed by atoms with Crippen molar-refractivity contribution in [3.05, 3.63) is 95.7 Å². The molecule has 12 nitrogen and oxygen atoms in total. The number of fused-ring (bicyclic) bond motifs is 2. The molecule has 0 radical (unpaired) electrons. The van der Waals surface area contributed by atoms with E-state index in [1.807, 2.05) is 12.1 Å². The predicted octanol–water partition coefficient (Wildman–Crippen LogP) is 5.90. The lowest BCUT2D eigenvalue weighted by molar-refractivity contribution is -0.137. The number of Topliss-reactive ketones (excluding diaryl/α,β-unsaturated/α-hetero) is 1. The Kier molecular flexibility index (Phi) is 10.1. The molecular weight excluding hydrogens is 736 g/mol. The van der Waals surface area contributed by atoms with Gasteiger partial charge >= 0.3 is 6.01 Å². The molecule has 284 valence electrons. The van der Waals surface area contributed by atoms with Crippen LogP contribution in [0, 0.1) is 5.82 Å². The molecule has 3 saturated heterocycles. The molecule has 0 bridgehead atoms. The fourth-order valence-corrected chi connectivity index (χ4v) is 7.80. The summed E-state index contributed by atoms with van der Waals surface area (Å²) in [4.78, 5) is 50.0. The standard InChI is InChI=1S/C40H36ClF2N5O7/c1-21(49)28-17-47(31-11-10-22(12-27(28)31)23-14-44-40(45-15-23)55-34-20-54-37-33(52-2)19-53-38(34)37)18-35(50)48-16-24(42)13-32(48)39(51)46-30-9-5-7-26(36(30)43)25-6-3-4-8-29(25)41/h3-12,14-15,17,24,32-34,37-38H,13,16,18-20H2,1-2H3,(H,46,51)/t24-,32+,33?,34-,37-,38-/m1/s1. The lowest BCUT2D eigenvalue weighted by Gasteiger charge is -2.24. The minimum absolute atomic E-state index is 0.121. The van der Waals surface area contributed by atoms with Gasteiger partial charge in [-0.05, 0) is 36.8 Å². The second-order valence-electron chi connectivity index (χ2n) is 13.8. The molecule has 15 heteroatoms. The van der Waals surface area contributed by atoms with Gasteiger partial charge in [-0.3, -0.25) is 14.4 Å². The predicted molar refractivity (Wildman–Crippen MR) is 198 cm³/mol. The van der Waals surface area contributed by atoms with E-state index in [0.717, 1.165) is 10.5 Å². The average Bonchev–Trinajstić information content (AvgIpc) is 3.97. The van der Waals surface area contributed by atoms with Gasteiger partial charge in [0.2, 0.25) is 11.8 Å². The Bertz CT molecular complexity index is 2290. The average molecular weight is 772 g/mol. The summed E-state index contributed by atoms with van der Waals surface area (Å²) in [5, 5.41) is 3.48. The highest BCUT2D eigenvalue weighted by Crippen LogP contribution is 2.35. The largest absolute Gasteiger partial charge is 0.455 e. The Morgan fingerprint density at radius 1 is 0.964 bits per heavy atom. The van der Waals surface area contributed by atoms with Gasteiger partial charge in [0.05, 0.1) is 25.4 Å². The topological polar surface area (TPSA) is 134 Å². The summed E-state index contributed by atoms with van der Waals surface area (Å²) in [7, 11) is 1.62. The number of amides is 2. The van der Waals surface area contributed by atoms with E-state index in [9.17, 15) is 18.8 Å². The first-order valence-electron chi connectivity index (χ1n) is 17.8. The van der Waals surface area contributed by atoms with Crippen LogP contribution < -0.4 is 10.1 Å². The highest BCUT2D eigenvalue weighted by molar-refractivity contribution is 6.33. The van der Waals surface area contributed by atoms with Crippen LogP contribution in [0.15, 0.2) is 79.3 Å². The number of aromatic nitrogens is 3. The van der Waals surface area contributed by atoms with E-state index < -0.39 is 29.8 Å². The zero-order valence-electron chi connectivity index (χ0n) is 29.8. The second kappa shape index (κ2) is 15.1. The molecule has 3 aliphatic heterocycles. The first kappa shape index (κ1) is 36.7. The zero-order valence-corrected chi connectivity index (χ0v) is 30.5. The molecule has 8 rings (SSSR count).